The van der Waals surface area contributed by atoms with E-state index in [1.807, 2.05) is 44.2 Å². The number of aryl methyl sites for hydroxylation is 2. The average Bonchev–Trinajstić information content (AvgIpc) is 2.46. The van der Waals surface area contributed by atoms with E-state index in [0.717, 1.165) is 27.3 Å². The van der Waals surface area contributed by atoms with Gasteiger partial charge in [0.25, 0.3) is 0 Å². The second kappa shape index (κ2) is 6.87. The predicted octanol–water partition coefficient (Wildman–Crippen LogP) is 3.08. The van der Waals surface area contributed by atoms with Crippen LogP contribution in [0.15, 0.2) is 41.3 Å². The number of benzene rings is 2. The highest BCUT2D eigenvalue weighted by Gasteiger charge is 2.12. The first-order chi connectivity index (χ1) is 10.0. The third-order valence-electron chi connectivity index (χ3n) is 3.44. The normalized spacial score (nSPS) is 12.2. The highest BCUT2D eigenvalue weighted by Crippen LogP contribution is 2.24. The van der Waals surface area contributed by atoms with Crippen LogP contribution in [0.25, 0.3) is 0 Å². The summed E-state index contributed by atoms with van der Waals surface area (Å²) in [6, 6.07) is 11.8. The SMILES string of the molecule is COc1ccc(CN)cc1CS(=O)c1ccc(C)cc1C. The molecule has 0 amide bonds. The summed E-state index contributed by atoms with van der Waals surface area (Å²) in [5, 5.41) is 0. The Hall–Kier alpha value is -1.65. The zero-order valence-corrected chi connectivity index (χ0v) is 13.5. The molecule has 2 N–H and O–H groups in total. The first-order valence-corrected chi connectivity index (χ1v) is 8.18. The molecule has 0 saturated heterocycles. The molecule has 0 fully saturated rings. The minimum Gasteiger partial charge on any atom is -0.496 e. The molecule has 0 heterocycles. The maximum atomic E-state index is 12.6. The van der Waals surface area contributed by atoms with Crippen LogP contribution in [-0.2, 0) is 23.1 Å². The summed E-state index contributed by atoms with van der Waals surface area (Å²) in [5.74, 6) is 1.19. The molecular formula is C17H21NO2S. The van der Waals surface area contributed by atoms with Gasteiger partial charge < -0.3 is 10.5 Å². The molecule has 2 rings (SSSR count). The molecule has 2 aromatic carbocycles. The maximum Gasteiger partial charge on any atom is 0.123 e. The lowest BCUT2D eigenvalue weighted by Gasteiger charge is -2.11. The van der Waals surface area contributed by atoms with Crippen LogP contribution >= 0.6 is 0 Å². The monoisotopic (exact) mass is 303 g/mol. The molecule has 0 aliphatic carbocycles. The standard InChI is InChI=1S/C17H21NO2S/c1-12-4-7-17(13(2)8-12)21(19)11-15-9-14(10-18)5-6-16(15)20-3/h4-9H,10-11,18H2,1-3H3. The molecule has 0 saturated carbocycles. The van der Waals surface area contributed by atoms with Gasteiger partial charge >= 0.3 is 0 Å². The first-order valence-electron chi connectivity index (χ1n) is 6.86. The molecule has 0 bridgehead atoms. The smallest absolute Gasteiger partial charge is 0.123 e. The first kappa shape index (κ1) is 15.7. The Kier molecular flexibility index (Phi) is 5.15. The fourth-order valence-electron chi connectivity index (χ4n) is 2.35. The Labute approximate surface area is 128 Å². The third kappa shape index (κ3) is 3.71. The molecule has 2 aromatic rings. The molecule has 3 nitrogen and oxygen atoms in total. The van der Waals surface area contributed by atoms with Gasteiger partial charge in [-0.15, -0.1) is 0 Å². The van der Waals surface area contributed by atoms with E-state index in [2.05, 4.69) is 6.07 Å². The van der Waals surface area contributed by atoms with Crippen molar-refractivity contribution in [3.05, 3.63) is 58.7 Å². The number of ether oxygens (including phenoxy) is 1. The zero-order valence-electron chi connectivity index (χ0n) is 12.7. The van der Waals surface area contributed by atoms with E-state index >= 15 is 0 Å². The molecule has 0 radical (unpaired) electrons. The summed E-state index contributed by atoms with van der Waals surface area (Å²) < 4.78 is 18.0. The van der Waals surface area contributed by atoms with Crippen molar-refractivity contribution in [2.45, 2.75) is 31.0 Å². The van der Waals surface area contributed by atoms with E-state index in [1.54, 1.807) is 7.11 Å². The van der Waals surface area contributed by atoms with Crippen molar-refractivity contribution >= 4 is 10.8 Å². The number of hydrogen-bond acceptors (Lipinski definition) is 3. The largest absolute Gasteiger partial charge is 0.496 e. The van der Waals surface area contributed by atoms with Crippen LogP contribution in [-0.4, -0.2) is 11.3 Å². The summed E-state index contributed by atoms with van der Waals surface area (Å²) in [5.41, 5.74) is 9.86. The molecule has 0 aliphatic heterocycles. The topological polar surface area (TPSA) is 52.3 Å². The highest BCUT2D eigenvalue weighted by molar-refractivity contribution is 7.84. The van der Waals surface area contributed by atoms with E-state index in [1.165, 1.54) is 5.56 Å². The van der Waals surface area contributed by atoms with Crippen LogP contribution < -0.4 is 10.5 Å². The Balaban J connectivity index is 2.30. The van der Waals surface area contributed by atoms with Gasteiger partial charge in [-0.25, -0.2) is 0 Å². The summed E-state index contributed by atoms with van der Waals surface area (Å²) in [6.07, 6.45) is 0. The second-order valence-corrected chi connectivity index (χ2v) is 6.53. The lowest BCUT2D eigenvalue weighted by molar-refractivity contribution is 0.411. The fourth-order valence-corrected chi connectivity index (χ4v) is 3.65. The maximum absolute atomic E-state index is 12.6. The molecule has 112 valence electrons. The molecule has 1 unspecified atom stereocenters. The van der Waals surface area contributed by atoms with Gasteiger partial charge in [-0.05, 0) is 43.2 Å². The number of methoxy groups -OCH3 is 1. The predicted molar refractivity (Wildman–Crippen MR) is 86.9 cm³/mol. The van der Waals surface area contributed by atoms with Crippen molar-refractivity contribution in [2.75, 3.05) is 7.11 Å². The summed E-state index contributed by atoms with van der Waals surface area (Å²) in [4.78, 5) is 0.876. The van der Waals surface area contributed by atoms with E-state index in [9.17, 15) is 4.21 Å². The van der Waals surface area contributed by atoms with Crippen LogP contribution in [0.2, 0.25) is 0 Å². The quantitative estimate of drug-likeness (QED) is 0.923. The summed E-state index contributed by atoms with van der Waals surface area (Å²) >= 11 is 0. The minimum absolute atomic E-state index is 0.431. The average molecular weight is 303 g/mol. The molecule has 4 heteroatoms. The molecular weight excluding hydrogens is 282 g/mol. The fraction of sp³-hybridized carbons (Fsp3) is 0.294. The van der Waals surface area contributed by atoms with Gasteiger partial charge in [0.15, 0.2) is 0 Å². The van der Waals surface area contributed by atoms with Crippen molar-refractivity contribution in [2.24, 2.45) is 5.73 Å². The highest BCUT2D eigenvalue weighted by atomic mass is 32.2. The number of nitrogens with two attached hydrogens (primary N) is 1. The van der Waals surface area contributed by atoms with Gasteiger partial charge in [-0.1, -0.05) is 23.8 Å². The Morgan fingerprint density at radius 1 is 1.14 bits per heavy atom. The molecule has 1 atom stereocenters. The third-order valence-corrected chi connectivity index (χ3v) is 4.96. The number of rotatable bonds is 5. The van der Waals surface area contributed by atoms with E-state index < -0.39 is 10.8 Å². The Morgan fingerprint density at radius 3 is 2.52 bits per heavy atom. The van der Waals surface area contributed by atoms with E-state index in [0.29, 0.717) is 12.3 Å². The number of hydrogen-bond donors (Lipinski definition) is 1. The molecule has 0 aliphatic rings. The molecule has 0 spiro atoms. The van der Waals surface area contributed by atoms with Gasteiger partial charge in [0.1, 0.15) is 5.75 Å². The molecule has 21 heavy (non-hydrogen) atoms. The van der Waals surface area contributed by atoms with Crippen molar-refractivity contribution in [3.8, 4) is 5.75 Å². The lowest BCUT2D eigenvalue weighted by atomic mass is 10.1. The van der Waals surface area contributed by atoms with Crippen LogP contribution in [0.3, 0.4) is 0 Å². The van der Waals surface area contributed by atoms with Crippen molar-refractivity contribution in [1.29, 1.82) is 0 Å². The van der Waals surface area contributed by atoms with Gasteiger partial charge in [0, 0.05) is 17.0 Å². The Morgan fingerprint density at radius 2 is 1.90 bits per heavy atom. The summed E-state index contributed by atoms with van der Waals surface area (Å²) in [7, 11) is 0.529. The van der Waals surface area contributed by atoms with Crippen molar-refractivity contribution in [3.63, 3.8) is 0 Å². The zero-order chi connectivity index (χ0) is 15.4. The van der Waals surface area contributed by atoms with Crippen LogP contribution in [0.4, 0.5) is 0 Å². The lowest BCUT2D eigenvalue weighted by Crippen LogP contribution is -2.03. The Bertz CT molecular complexity index is 668. The van der Waals surface area contributed by atoms with Gasteiger partial charge in [0.05, 0.1) is 23.7 Å². The van der Waals surface area contributed by atoms with E-state index in [-0.39, 0.29) is 0 Å². The molecule has 0 aromatic heterocycles. The van der Waals surface area contributed by atoms with Crippen molar-refractivity contribution < 1.29 is 8.95 Å². The minimum atomic E-state index is -1.10. The second-order valence-electron chi connectivity index (χ2n) is 5.11. The van der Waals surface area contributed by atoms with E-state index in [4.69, 9.17) is 10.5 Å². The summed E-state index contributed by atoms with van der Waals surface area (Å²) in [6.45, 7) is 4.49. The van der Waals surface area contributed by atoms with Gasteiger partial charge in [-0.3, -0.25) is 4.21 Å². The van der Waals surface area contributed by atoms with Crippen molar-refractivity contribution in [1.82, 2.24) is 0 Å². The van der Waals surface area contributed by atoms with Gasteiger partial charge in [0.2, 0.25) is 0 Å². The van der Waals surface area contributed by atoms with Crippen LogP contribution in [0.5, 0.6) is 5.75 Å². The van der Waals surface area contributed by atoms with Gasteiger partial charge in [-0.2, -0.15) is 0 Å². The van der Waals surface area contributed by atoms with Crippen LogP contribution in [0, 0.1) is 13.8 Å². The van der Waals surface area contributed by atoms with Crippen LogP contribution in [0.1, 0.15) is 22.3 Å².